The highest BCUT2D eigenvalue weighted by Gasteiger charge is 2.23. The molecule has 0 amide bonds. The Morgan fingerprint density at radius 3 is 2.62 bits per heavy atom. The molecule has 2 aromatic heterocycles. The summed E-state index contributed by atoms with van der Waals surface area (Å²) in [6.07, 6.45) is 7.65. The summed E-state index contributed by atoms with van der Waals surface area (Å²) in [5.74, 6) is 0.226. The predicted molar refractivity (Wildman–Crippen MR) is 127 cm³/mol. The molecular formula is C25H19N7O2. The number of rotatable bonds is 5. The van der Waals surface area contributed by atoms with Gasteiger partial charge in [0.05, 0.1) is 23.1 Å². The molecule has 0 saturated carbocycles. The van der Waals surface area contributed by atoms with Crippen molar-refractivity contribution in [2.75, 3.05) is 0 Å². The van der Waals surface area contributed by atoms with Crippen LogP contribution in [0.5, 0.6) is 0 Å². The molecule has 4 aromatic rings. The number of carbonyl (C=O) groups excluding carboxylic acids is 1. The molecule has 6 rings (SSSR count). The third-order valence-corrected chi connectivity index (χ3v) is 5.96. The highest BCUT2D eigenvalue weighted by atomic mass is 16.1. The lowest BCUT2D eigenvalue weighted by Gasteiger charge is -2.14. The molecule has 2 aliphatic rings. The summed E-state index contributed by atoms with van der Waals surface area (Å²) in [5.41, 5.74) is 4.03. The number of nitrogens with zero attached hydrogens (tertiary/aromatic N) is 7. The van der Waals surface area contributed by atoms with Crippen molar-refractivity contribution in [3.8, 4) is 22.8 Å². The van der Waals surface area contributed by atoms with Gasteiger partial charge in [0, 0.05) is 37.6 Å². The molecule has 9 heteroatoms. The van der Waals surface area contributed by atoms with Gasteiger partial charge in [0.15, 0.2) is 12.1 Å². The van der Waals surface area contributed by atoms with Gasteiger partial charge in [-0.25, -0.2) is 9.67 Å². The summed E-state index contributed by atoms with van der Waals surface area (Å²) in [6, 6.07) is 17.9. The third kappa shape index (κ3) is 3.06. The lowest BCUT2D eigenvalue weighted by atomic mass is 10.1. The molecule has 0 fully saturated rings. The van der Waals surface area contributed by atoms with E-state index in [1.54, 1.807) is 17.8 Å². The maximum atomic E-state index is 13.3. The molecular weight excluding hydrogens is 430 g/mol. The van der Waals surface area contributed by atoms with E-state index in [-0.39, 0.29) is 11.4 Å². The SMILES string of the molecule is Cn1cnc(-n2nc3c4ccccc4n(Cc4ccc(-n5cccn5)cc4)cc-3c2=O)c1C=O. The summed E-state index contributed by atoms with van der Waals surface area (Å²) in [5, 5.41) is 9.69. The van der Waals surface area contributed by atoms with Crippen molar-refractivity contribution < 1.29 is 4.79 Å². The first-order valence-electron chi connectivity index (χ1n) is 10.7. The predicted octanol–water partition coefficient (Wildman–Crippen LogP) is 3.07. The van der Waals surface area contributed by atoms with E-state index in [1.165, 1.54) is 11.0 Å². The Hall–Kier alpha value is -4.79. The molecule has 2 aromatic carbocycles. The number of hydrogen-bond donors (Lipinski definition) is 0. The second kappa shape index (κ2) is 7.66. The first-order chi connectivity index (χ1) is 16.6. The minimum absolute atomic E-state index is 0.226. The molecule has 0 aliphatic carbocycles. The van der Waals surface area contributed by atoms with Crippen molar-refractivity contribution in [1.29, 1.82) is 0 Å². The van der Waals surface area contributed by atoms with Crippen LogP contribution >= 0.6 is 0 Å². The topological polar surface area (TPSA) is 92.5 Å². The number of imidazole rings is 1. The van der Waals surface area contributed by atoms with Gasteiger partial charge in [-0.1, -0.05) is 30.3 Å². The van der Waals surface area contributed by atoms with Gasteiger partial charge < -0.3 is 9.13 Å². The average Bonchev–Trinajstić information content (AvgIpc) is 3.60. The molecule has 0 atom stereocenters. The van der Waals surface area contributed by atoms with E-state index >= 15 is 0 Å². The fraction of sp³-hybridized carbons (Fsp3) is 0.0800. The van der Waals surface area contributed by atoms with E-state index in [4.69, 9.17) is 0 Å². The summed E-state index contributed by atoms with van der Waals surface area (Å²) in [7, 11) is 1.70. The van der Waals surface area contributed by atoms with Gasteiger partial charge in [0.25, 0.3) is 5.56 Å². The number of aldehydes is 1. The van der Waals surface area contributed by atoms with Gasteiger partial charge in [-0.05, 0) is 29.8 Å². The Bertz CT molecular complexity index is 1670. The highest BCUT2D eigenvalue weighted by molar-refractivity contribution is 5.94. The van der Waals surface area contributed by atoms with Crippen LogP contribution in [0.1, 0.15) is 16.1 Å². The number of hydrogen-bond acceptors (Lipinski definition) is 5. The minimum atomic E-state index is -0.315. The maximum Gasteiger partial charge on any atom is 0.284 e. The highest BCUT2D eigenvalue weighted by Crippen LogP contribution is 2.28. The number of benzene rings is 2. The minimum Gasteiger partial charge on any atom is -0.342 e. The molecule has 4 heterocycles. The van der Waals surface area contributed by atoms with E-state index in [2.05, 4.69) is 27.3 Å². The average molecular weight is 449 g/mol. The molecule has 0 saturated heterocycles. The molecule has 0 spiro atoms. The van der Waals surface area contributed by atoms with Gasteiger partial charge in [-0.3, -0.25) is 9.59 Å². The standard InChI is InChI=1S/C25H19N7O2/c1-29-16-26-24(22(29)15-33)32-25(34)20-14-30(21-6-3-2-5-19(21)23(20)28-32)13-17-7-9-18(10-8-17)31-12-4-11-27-31/h2-12,14-16H,13H2,1H3. The van der Waals surface area contributed by atoms with E-state index in [1.807, 2.05) is 64.1 Å². The Balaban J connectivity index is 1.48. The second-order valence-corrected chi connectivity index (χ2v) is 8.05. The Morgan fingerprint density at radius 1 is 1.03 bits per heavy atom. The fourth-order valence-corrected chi connectivity index (χ4v) is 4.25. The van der Waals surface area contributed by atoms with Crippen LogP contribution in [-0.2, 0) is 13.6 Å². The van der Waals surface area contributed by atoms with Gasteiger partial charge >= 0.3 is 0 Å². The van der Waals surface area contributed by atoms with Crippen LogP contribution in [0.4, 0.5) is 0 Å². The lowest BCUT2D eigenvalue weighted by molar-refractivity contribution is 0.111. The second-order valence-electron chi connectivity index (χ2n) is 8.05. The Kier molecular flexibility index (Phi) is 4.48. The molecule has 0 radical (unpaired) electrons. The van der Waals surface area contributed by atoms with Crippen molar-refractivity contribution in [2.45, 2.75) is 6.54 Å². The number of aromatic nitrogens is 7. The largest absolute Gasteiger partial charge is 0.342 e. The van der Waals surface area contributed by atoms with Crippen molar-refractivity contribution in [3.63, 3.8) is 0 Å². The molecule has 2 aliphatic heterocycles. The third-order valence-electron chi connectivity index (χ3n) is 5.96. The van der Waals surface area contributed by atoms with Crippen LogP contribution in [0.15, 0.2) is 84.3 Å². The first kappa shape index (κ1) is 19.9. The summed E-state index contributed by atoms with van der Waals surface area (Å²) >= 11 is 0. The first-order valence-corrected chi connectivity index (χ1v) is 10.7. The van der Waals surface area contributed by atoms with Crippen molar-refractivity contribution in [3.05, 3.63) is 101 Å². The van der Waals surface area contributed by atoms with Crippen LogP contribution in [0.2, 0.25) is 0 Å². The van der Waals surface area contributed by atoms with Crippen LogP contribution in [0.3, 0.4) is 0 Å². The fourth-order valence-electron chi connectivity index (χ4n) is 4.25. The molecule has 34 heavy (non-hydrogen) atoms. The van der Waals surface area contributed by atoms with Gasteiger partial charge in [0.1, 0.15) is 11.4 Å². The van der Waals surface area contributed by atoms with Crippen LogP contribution < -0.4 is 5.56 Å². The van der Waals surface area contributed by atoms with Crippen LogP contribution in [0, 0.1) is 0 Å². The van der Waals surface area contributed by atoms with Gasteiger partial charge in [-0.2, -0.15) is 14.9 Å². The zero-order valence-corrected chi connectivity index (χ0v) is 18.2. The van der Waals surface area contributed by atoms with Gasteiger partial charge in [0.2, 0.25) is 0 Å². The number of fused-ring (bicyclic) bond motifs is 3. The Labute approximate surface area is 193 Å². The van der Waals surface area contributed by atoms with Crippen LogP contribution in [-0.4, -0.2) is 40.0 Å². The quantitative estimate of drug-likeness (QED) is 0.377. The monoisotopic (exact) mass is 449 g/mol. The zero-order valence-electron chi connectivity index (χ0n) is 18.2. The molecule has 9 nitrogen and oxygen atoms in total. The summed E-state index contributed by atoms with van der Waals surface area (Å²) in [6.45, 7) is 0.573. The number of aryl methyl sites for hydroxylation is 1. The number of para-hydroxylation sites is 1. The summed E-state index contributed by atoms with van der Waals surface area (Å²) in [4.78, 5) is 29.1. The lowest BCUT2D eigenvalue weighted by Crippen LogP contribution is -2.17. The normalized spacial score (nSPS) is 11.4. The summed E-state index contributed by atoms with van der Waals surface area (Å²) < 4.78 is 6.64. The Morgan fingerprint density at radius 2 is 1.85 bits per heavy atom. The van der Waals surface area contributed by atoms with E-state index in [9.17, 15) is 9.59 Å². The number of pyridine rings is 1. The van der Waals surface area contributed by atoms with E-state index in [0.717, 1.165) is 22.2 Å². The molecule has 0 unspecified atom stereocenters. The van der Waals surface area contributed by atoms with Crippen LogP contribution in [0.25, 0.3) is 33.7 Å². The van der Waals surface area contributed by atoms with Crippen molar-refractivity contribution in [1.82, 2.24) is 33.7 Å². The smallest absolute Gasteiger partial charge is 0.284 e. The van der Waals surface area contributed by atoms with Crippen molar-refractivity contribution in [2.24, 2.45) is 7.05 Å². The molecule has 0 N–H and O–H groups in total. The molecule has 166 valence electrons. The van der Waals surface area contributed by atoms with E-state index in [0.29, 0.717) is 29.8 Å². The zero-order chi connectivity index (χ0) is 23.2. The van der Waals surface area contributed by atoms with E-state index < -0.39 is 0 Å². The van der Waals surface area contributed by atoms with Crippen molar-refractivity contribution >= 4 is 17.2 Å². The molecule has 0 bridgehead atoms. The van der Waals surface area contributed by atoms with Gasteiger partial charge in [-0.15, -0.1) is 0 Å². The number of carbonyl (C=O) groups is 1. The maximum absolute atomic E-state index is 13.3.